The van der Waals surface area contributed by atoms with Gasteiger partial charge >= 0.3 is 0 Å². The van der Waals surface area contributed by atoms with Crippen LogP contribution < -0.4 is 4.74 Å². The Morgan fingerprint density at radius 3 is 2.81 bits per heavy atom. The highest BCUT2D eigenvalue weighted by Crippen LogP contribution is 2.28. The number of halogens is 2. The van der Waals surface area contributed by atoms with Gasteiger partial charge in [-0.3, -0.25) is 0 Å². The molecule has 0 saturated carbocycles. The van der Waals surface area contributed by atoms with Gasteiger partial charge in [0.05, 0.1) is 4.47 Å². The molecule has 0 aliphatic rings. The van der Waals surface area contributed by atoms with E-state index in [0.717, 1.165) is 19.6 Å². The van der Waals surface area contributed by atoms with Gasteiger partial charge < -0.3 is 4.74 Å². The van der Waals surface area contributed by atoms with Gasteiger partial charge in [-0.2, -0.15) is 0 Å². The lowest BCUT2D eigenvalue weighted by molar-refractivity contribution is 0.441. The molecule has 0 bridgehead atoms. The first kappa shape index (κ1) is 13.5. The molecule has 0 aliphatic heterocycles. The summed E-state index contributed by atoms with van der Waals surface area (Å²) in [6.45, 7) is 5.61. The monoisotopic (exact) mass is 390 g/mol. The molecule has 0 aliphatic carbocycles. The van der Waals surface area contributed by atoms with Gasteiger partial charge in [0, 0.05) is 3.57 Å². The largest absolute Gasteiger partial charge is 0.456 e. The van der Waals surface area contributed by atoms with Crippen LogP contribution in [0.5, 0.6) is 5.75 Å². The van der Waals surface area contributed by atoms with E-state index in [-0.39, 0.29) is 0 Å². The van der Waals surface area contributed by atoms with E-state index in [1.54, 1.807) is 6.08 Å². The molecule has 0 N–H and O–H groups in total. The molecule has 1 nitrogen and oxygen atoms in total. The normalized spacial score (nSPS) is 11.8. The zero-order chi connectivity index (χ0) is 12.0. The van der Waals surface area contributed by atoms with Crippen LogP contribution in [-0.2, 0) is 0 Å². The second-order valence-corrected chi connectivity index (χ2v) is 5.08. The van der Waals surface area contributed by atoms with E-state index < -0.39 is 0 Å². The van der Waals surface area contributed by atoms with E-state index >= 15 is 0 Å². The minimum atomic E-state index is 0.763. The van der Waals surface area contributed by atoms with E-state index in [0.29, 0.717) is 0 Å². The number of ether oxygens (including phenoxy) is 1. The van der Waals surface area contributed by atoms with Gasteiger partial charge in [0.25, 0.3) is 0 Å². The maximum atomic E-state index is 5.73. The first-order chi connectivity index (χ1) is 7.67. The Kier molecular flexibility index (Phi) is 5.84. The summed E-state index contributed by atoms with van der Waals surface area (Å²) in [5, 5.41) is 0. The van der Waals surface area contributed by atoms with Gasteiger partial charge in [0.1, 0.15) is 11.5 Å². The summed E-state index contributed by atoms with van der Waals surface area (Å²) >= 11 is 5.73. The van der Waals surface area contributed by atoms with E-state index in [2.05, 4.69) is 45.1 Å². The maximum Gasteiger partial charge on any atom is 0.141 e. The molecule has 3 heteroatoms. The molecule has 0 atom stereocenters. The van der Waals surface area contributed by atoms with Gasteiger partial charge in [0.15, 0.2) is 0 Å². The van der Waals surface area contributed by atoms with Crippen LogP contribution in [0, 0.1) is 3.57 Å². The Bertz CT molecular complexity index is 436. The lowest BCUT2D eigenvalue weighted by Gasteiger charge is -2.08. The predicted octanol–water partition coefficient (Wildman–Crippen LogP) is 5.08. The molecule has 0 unspecified atom stereocenters. The van der Waals surface area contributed by atoms with Crippen LogP contribution in [0.25, 0.3) is 0 Å². The fourth-order valence-electron chi connectivity index (χ4n) is 1.09. The Balaban J connectivity index is 2.94. The van der Waals surface area contributed by atoms with E-state index in [9.17, 15) is 0 Å². The van der Waals surface area contributed by atoms with Gasteiger partial charge in [0.2, 0.25) is 0 Å². The van der Waals surface area contributed by atoms with Crippen molar-refractivity contribution in [1.29, 1.82) is 0 Å². The van der Waals surface area contributed by atoms with Crippen LogP contribution in [0.2, 0.25) is 0 Å². The average Bonchev–Trinajstić information content (AvgIpc) is 2.23. The van der Waals surface area contributed by atoms with Crippen LogP contribution in [0.4, 0.5) is 0 Å². The predicted molar refractivity (Wildman–Crippen MR) is 80.6 cm³/mol. The molecule has 0 spiro atoms. The Morgan fingerprint density at radius 1 is 1.50 bits per heavy atom. The van der Waals surface area contributed by atoms with Crippen LogP contribution in [0.15, 0.2) is 59.3 Å². The maximum absolute atomic E-state index is 5.73. The van der Waals surface area contributed by atoms with Crippen molar-refractivity contribution in [1.82, 2.24) is 0 Å². The summed E-state index contributed by atoms with van der Waals surface area (Å²) in [7, 11) is 0. The smallest absolute Gasteiger partial charge is 0.141 e. The van der Waals surface area contributed by atoms with Gasteiger partial charge in [-0.1, -0.05) is 18.7 Å². The highest BCUT2D eigenvalue weighted by Gasteiger charge is 2.02. The van der Waals surface area contributed by atoms with Crippen molar-refractivity contribution >= 4 is 38.5 Å². The molecule has 1 aromatic rings. The third-order valence-electron chi connectivity index (χ3n) is 1.73. The Labute approximate surface area is 118 Å². The molecule has 84 valence electrons. The number of benzene rings is 1. The van der Waals surface area contributed by atoms with Crippen molar-refractivity contribution in [3.8, 4) is 5.75 Å². The minimum absolute atomic E-state index is 0.763. The molecule has 0 saturated heterocycles. The lowest BCUT2D eigenvalue weighted by Crippen LogP contribution is -1.93. The van der Waals surface area contributed by atoms with Gasteiger partial charge in [-0.15, -0.1) is 0 Å². The molecule has 1 rings (SSSR count). The van der Waals surface area contributed by atoms with E-state index in [4.69, 9.17) is 4.74 Å². The zero-order valence-corrected chi connectivity index (χ0v) is 12.7. The summed E-state index contributed by atoms with van der Waals surface area (Å²) in [5.41, 5.74) is 0. The lowest BCUT2D eigenvalue weighted by atomic mass is 10.3. The standard InChI is InChI=1S/C13H12BrIO/c1-3-5-11(6-4-2)16-13-8-7-10(15)9-12(13)14/h3-9H,1H2,2H3/b6-4-,11-5+. The molecule has 1 aromatic carbocycles. The molecular weight excluding hydrogens is 379 g/mol. The SMILES string of the molecule is C=C/C=C(\C=C/C)Oc1ccc(I)cc1Br. The fraction of sp³-hybridized carbons (Fsp3) is 0.0769. The molecular formula is C13H12BrIO. The van der Waals surface area contributed by atoms with Crippen LogP contribution in [-0.4, -0.2) is 0 Å². The molecule has 0 aromatic heterocycles. The van der Waals surface area contributed by atoms with Crippen LogP contribution in [0.3, 0.4) is 0 Å². The average molecular weight is 391 g/mol. The minimum Gasteiger partial charge on any atom is -0.456 e. The highest BCUT2D eigenvalue weighted by molar-refractivity contribution is 14.1. The molecule has 16 heavy (non-hydrogen) atoms. The second kappa shape index (κ2) is 6.91. The summed E-state index contributed by atoms with van der Waals surface area (Å²) in [6, 6.07) is 5.95. The molecule has 0 amide bonds. The quantitative estimate of drug-likeness (QED) is 0.395. The van der Waals surface area contributed by atoms with Crippen molar-refractivity contribution in [3.63, 3.8) is 0 Å². The van der Waals surface area contributed by atoms with Crippen molar-refractivity contribution in [2.24, 2.45) is 0 Å². The number of hydrogen-bond acceptors (Lipinski definition) is 1. The van der Waals surface area contributed by atoms with Crippen molar-refractivity contribution in [2.45, 2.75) is 6.92 Å². The van der Waals surface area contributed by atoms with E-state index in [1.165, 1.54) is 0 Å². The second-order valence-electron chi connectivity index (χ2n) is 2.98. The van der Waals surface area contributed by atoms with Crippen molar-refractivity contribution in [3.05, 3.63) is 62.9 Å². The van der Waals surface area contributed by atoms with E-state index in [1.807, 2.05) is 43.4 Å². The first-order valence-corrected chi connectivity index (χ1v) is 6.63. The summed E-state index contributed by atoms with van der Waals surface area (Å²) in [6.07, 6.45) is 7.35. The zero-order valence-electron chi connectivity index (χ0n) is 8.91. The van der Waals surface area contributed by atoms with Crippen molar-refractivity contribution < 1.29 is 4.74 Å². The third kappa shape index (κ3) is 4.14. The number of rotatable bonds is 4. The van der Waals surface area contributed by atoms with Crippen molar-refractivity contribution in [2.75, 3.05) is 0 Å². The fourth-order valence-corrected chi connectivity index (χ4v) is 2.47. The third-order valence-corrected chi connectivity index (χ3v) is 3.03. The Hall–Kier alpha value is -0.550. The molecule has 0 radical (unpaired) electrons. The first-order valence-electron chi connectivity index (χ1n) is 4.75. The Morgan fingerprint density at radius 2 is 2.25 bits per heavy atom. The number of allylic oxidation sites excluding steroid dienone is 4. The summed E-state index contributed by atoms with van der Waals surface area (Å²) in [5.74, 6) is 1.56. The summed E-state index contributed by atoms with van der Waals surface area (Å²) < 4.78 is 7.84. The molecule has 0 heterocycles. The summed E-state index contributed by atoms with van der Waals surface area (Å²) in [4.78, 5) is 0. The van der Waals surface area contributed by atoms with Gasteiger partial charge in [-0.25, -0.2) is 0 Å². The van der Waals surface area contributed by atoms with Gasteiger partial charge in [-0.05, 0) is 75.8 Å². The molecule has 0 fully saturated rings. The topological polar surface area (TPSA) is 9.23 Å². The van der Waals surface area contributed by atoms with Crippen LogP contribution >= 0.6 is 38.5 Å². The highest BCUT2D eigenvalue weighted by atomic mass is 127. The van der Waals surface area contributed by atoms with Crippen LogP contribution in [0.1, 0.15) is 6.92 Å². The number of hydrogen-bond donors (Lipinski definition) is 0.